The molecule has 182 valence electrons. The largest absolute Gasteiger partial charge is 0.490 e. The molecule has 0 bridgehead atoms. The maximum atomic E-state index is 13.9. The van der Waals surface area contributed by atoms with Crippen molar-refractivity contribution in [2.75, 3.05) is 25.1 Å². The van der Waals surface area contributed by atoms with Gasteiger partial charge >= 0.3 is 0 Å². The van der Waals surface area contributed by atoms with Crippen LogP contribution in [-0.4, -0.2) is 36.5 Å². The SMILES string of the molecule is CCOc1cc2c(cc1OCC)[C@H]1[C@H](C(=O)Nc3cccc(C#N)c3)c3ccccc3C(=O)N1CC2. The van der Waals surface area contributed by atoms with Crippen LogP contribution in [-0.2, 0) is 11.2 Å². The van der Waals surface area contributed by atoms with E-state index in [2.05, 4.69) is 11.4 Å². The fourth-order valence-corrected chi connectivity index (χ4v) is 5.24. The van der Waals surface area contributed by atoms with Crippen LogP contribution in [0.25, 0.3) is 0 Å². The van der Waals surface area contributed by atoms with E-state index >= 15 is 0 Å². The van der Waals surface area contributed by atoms with E-state index in [9.17, 15) is 14.9 Å². The number of anilines is 1. The summed E-state index contributed by atoms with van der Waals surface area (Å²) in [6, 6.07) is 19.7. The van der Waals surface area contributed by atoms with Gasteiger partial charge in [-0.3, -0.25) is 9.59 Å². The highest BCUT2D eigenvalue weighted by atomic mass is 16.5. The van der Waals surface area contributed by atoms with Crippen molar-refractivity contribution in [2.45, 2.75) is 32.2 Å². The zero-order valence-electron chi connectivity index (χ0n) is 20.3. The van der Waals surface area contributed by atoms with Crippen LogP contribution in [0.3, 0.4) is 0 Å². The second-order valence-corrected chi connectivity index (χ2v) is 8.80. The Morgan fingerprint density at radius 1 is 1.03 bits per heavy atom. The second-order valence-electron chi connectivity index (χ2n) is 8.80. The maximum absolute atomic E-state index is 13.9. The predicted octanol–water partition coefficient (Wildman–Crippen LogP) is 4.83. The molecule has 0 unspecified atom stereocenters. The number of rotatable bonds is 6. The molecule has 7 nitrogen and oxygen atoms in total. The van der Waals surface area contributed by atoms with Crippen LogP contribution in [0.15, 0.2) is 60.7 Å². The summed E-state index contributed by atoms with van der Waals surface area (Å²) in [5, 5.41) is 12.3. The minimum atomic E-state index is -0.642. The fourth-order valence-electron chi connectivity index (χ4n) is 5.24. The van der Waals surface area contributed by atoms with Crippen molar-refractivity contribution in [3.8, 4) is 17.6 Å². The van der Waals surface area contributed by atoms with E-state index < -0.39 is 12.0 Å². The highest BCUT2D eigenvalue weighted by molar-refractivity contribution is 6.04. The first-order valence-corrected chi connectivity index (χ1v) is 12.2. The lowest BCUT2D eigenvalue weighted by Crippen LogP contribution is -2.49. The van der Waals surface area contributed by atoms with Crippen LogP contribution in [0.1, 0.15) is 58.4 Å². The molecule has 0 radical (unpaired) electrons. The number of hydrogen-bond acceptors (Lipinski definition) is 5. The van der Waals surface area contributed by atoms with Crippen molar-refractivity contribution in [3.05, 3.63) is 88.5 Å². The molecule has 0 saturated carbocycles. The topological polar surface area (TPSA) is 91.7 Å². The lowest BCUT2D eigenvalue weighted by Gasteiger charge is -2.45. The van der Waals surface area contributed by atoms with Gasteiger partial charge in [-0.2, -0.15) is 5.26 Å². The van der Waals surface area contributed by atoms with Crippen molar-refractivity contribution in [2.24, 2.45) is 0 Å². The van der Waals surface area contributed by atoms with Crippen LogP contribution in [0, 0.1) is 11.3 Å². The van der Waals surface area contributed by atoms with Crippen LogP contribution in [0.5, 0.6) is 11.5 Å². The van der Waals surface area contributed by atoms with Crippen LogP contribution in [0.4, 0.5) is 5.69 Å². The molecule has 5 rings (SSSR count). The molecule has 2 atom stereocenters. The Hall–Kier alpha value is -4.31. The van der Waals surface area contributed by atoms with Gasteiger partial charge in [0.05, 0.1) is 36.8 Å². The van der Waals surface area contributed by atoms with E-state index in [1.165, 1.54) is 0 Å². The van der Waals surface area contributed by atoms with Gasteiger partial charge < -0.3 is 19.7 Å². The van der Waals surface area contributed by atoms with E-state index in [-0.39, 0.29) is 11.8 Å². The molecule has 0 spiro atoms. The van der Waals surface area contributed by atoms with Gasteiger partial charge in [-0.25, -0.2) is 0 Å². The van der Waals surface area contributed by atoms with E-state index in [1.807, 2.05) is 44.2 Å². The summed E-state index contributed by atoms with van der Waals surface area (Å²) < 4.78 is 11.7. The Morgan fingerprint density at radius 3 is 2.53 bits per heavy atom. The molecule has 3 aromatic carbocycles. The van der Waals surface area contributed by atoms with E-state index in [0.717, 1.165) is 11.1 Å². The summed E-state index contributed by atoms with van der Waals surface area (Å²) >= 11 is 0. The number of carbonyl (C=O) groups excluding carboxylic acids is 2. The zero-order chi connectivity index (χ0) is 25.2. The summed E-state index contributed by atoms with van der Waals surface area (Å²) in [5.74, 6) is 0.315. The van der Waals surface area contributed by atoms with Crippen molar-refractivity contribution in [3.63, 3.8) is 0 Å². The quantitative estimate of drug-likeness (QED) is 0.544. The Balaban J connectivity index is 1.63. The Bertz CT molecular complexity index is 1380. The smallest absolute Gasteiger partial charge is 0.254 e. The molecule has 2 aliphatic heterocycles. The first kappa shape index (κ1) is 23.4. The predicted molar refractivity (Wildman–Crippen MR) is 135 cm³/mol. The van der Waals surface area contributed by atoms with E-state index in [4.69, 9.17) is 9.47 Å². The lowest BCUT2D eigenvalue weighted by atomic mass is 9.75. The molecule has 3 aromatic rings. The van der Waals surface area contributed by atoms with Gasteiger partial charge in [-0.1, -0.05) is 24.3 Å². The van der Waals surface area contributed by atoms with E-state index in [0.29, 0.717) is 60.1 Å². The Morgan fingerprint density at radius 2 is 1.78 bits per heavy atom. The highest BCUT2D eigenvalue weighted by Crippen LogP contribution is 2.48. The molecule has 2 heterocycles. The van der Waals surface area contributed by atoms with Gasteiger partial charge in [0.1, 0.15) is 0 Å². The van der Waals surface area contributed by atoms with Crippen LogP contribution >= 0.6 is 0 Å². The number of nitriles is 1. The molecule has 2 aliphatic rings. The standard InChI is InChI=1S/C29H27N3O4/c1-3-35-24-15-19-12-13-32-27(23(19)16-25(24)36-4-2)26(21-10-5-6-11-22(21)29(32)34)28(33)31-20-9-7-8-18(14-20)17-30/h5-11,14-16,26-27H,3-4,12-13H2,1-2H3,(H,31,33)/t26-,27+/m1/s1. The van der Waals surface area contributed by atoms with Gasteiger partial charge in [0, 0.05) is 17.8 Å². The van der Waals surface area contributed by atoms with Crippen molar-refractivity contribution >= 4 is 17.5 Å². The third-order valence-electron chi connectivity index (χ3n) is 6.73. The molecular formula is C29H27N3O4. The summed E-state index contributed by atoms with van der Waals surface area (Å²) in [6.07, 6.45) is 0.658. The minimum Gasteiger partial charge on any atom is -0.490 e. The van der Waals surface area contributed by atoms with Crippen LogP contribution < -0.4 is 14.8 Å². The molecule has 2 amide bonds. The molecule has 0 aliphatic carbocycles. The van der Waals surface area contributed by atoms with Crippen molar-refractivity contribution in [1.82, 2.24) is 4.90 Å². The highest BCUT2D eigenvalue weighted by Gasteiger charge is 2.46. The van der Waals surface area contributed by atoms with Crippen molar-refractivity contribution in [1.29, 1.82) is 5.26 Å². The number of nitrogens with one attached hydrogen (secondary N) is 1. The van der Waals surface area contributed by atoms with Gasteiger partial charge in [0.25, 0.3) is 5.91 Å². The minimum absolute atomic E-state index is 0.0800. The summed E-state index contributed by atoms with van der Waals surface area (Å²) in [5.41, 5.74) is 4.16. The summed E-state index contributed by atoms with van der Waals surface area (Å²) in [6.45, 7) is 5.31. The first-order valence-electron chi connectivity index (χ1n) is 12.2. The van der Waals surface area contributed by atoms with Crippen molar-refractivity contribution < 1.29 is 19.1 Å². The number of ether oxygens (including phenoxy) is 2. The number of carbonyl (C=O) groups is 2. The molecule has 36 heavy (non-hydrogen) atoms. The van der Waals surface area contributed by atoms with Gasteiger partial charge in [-0.05, 0) is 73.4 Å². The average molecular weight is 482 g/mol. The van der Waals surface area contributed by atoms with Crippen LogP contribution in [0.2, 0.25) is 0 Å². The second kappa shape index (κ2) is 9.74. The van der Waals surface area contributed by atoms with Gasteiger partial charge in [-0.15, -0.1) is 0 Å². The first-order chi connectivity index (χ1) is 17.5. The monoisotopic (exact) mass is 481 g/mol. The fraction of sp³-hybridized carbons (Fsp3) is 0.276. The molecule has 0 fully saturated rings. The third-order valence-corrected chi connectivity index (χ3v) is 6.73. The number of amides is 2. The van der Waals surface area contributed by atoms with E-state index in [1.54, 1.807) is 35.2 Å². The van der Waals surface area contributed by atoms with Gasteiger partial charge in [0.2, 0.25) is 5.91 Å². The average Bonchev–Trinajstić information content (AvgIpc) is 2.89. The Kier molecular flexibility index (Phi) is 6.34. The number of hydrogen-bond donors (Lipinski definition) is 1. The lowest BCUT2D eigenvalue weighted by molar-refractivity contribution is -0.119. The summed E-state index contributed by atoms with van der Waals surface area (Å²) in [7, 11) is 0. The zero-order valence-corrected chi connectivity index (χ0v) is 20.3. The normalized spacial score (nSPS) is 17.8. The molecule has 1 N–H and O–H groups in total. The molecular weight excluding hydrogens is 454 g/mol. The molecule has 7 heteroatoms. The molecule has 0 aromatic heterocycles. The maximum Gasteiger partial charge on any atom is 0.254 e. The third kappa shape index (κ3) is 4.05. The van der Waals surface area contributed by atoms with Gasteiger partial charge in [0.15, 0.2) is 11.5 Å². The number of benzene rings is 3. The number of fused-ring (bicyclic) bond motifs is 4. The summed E-state index contributed by atoms with van der Waals surface area (Å²) in [4.78, 5) is 29.2. The molecule has 0 saturated heterocycles. The Labute approximate surface area is 210 Å². The number of nitrogens with zero attached hydrogens (tertiary/aromatic N) is 2.